The van der Waals surface area contributed by atoms with E-state index in [1.807, 2.05) is 6.92 Å². The number of aliphatic hydroxyl groups excluding tert-OH is 1. The summed E-state index contributed by atoms with van der Waals surface area (Å²) < 4.78 is 11.1. The average Bonchev–Trinajstić information content (AvgIpc) is 3.33. The zero-order valence-corrected chi connectivity index (χ0v) is 18.6. The molecule has 0 radical (unpaired) electrons. The van der Waals surface area contributed by atoms with Crippen molar-refractivity contribution in [2.45, 2.75) is 50.9 Å². The SMILES string of the molecule is CCOC(=S)SC(CC(C)C(=O)OCCCN1CC(CO)N=N1)N1CCCC1=O. The van der Waals surface area contributed by atoms with Gasteiger partial charge in [-0.15, -0.1) is 0 Å². The van der Waals surface area contributed by atoms with E-state index in [0.717, 1.165) is 6.42 Å². The molecule has 0 aromatic rings. The number of aliphatic hydroxyl groups is 1. The lowest BCUT2D eigenvalue weighted by Gasteiger charge is -2.28. The number of thiocarbonyl (C=S) groups is 1. The van der Waals surface area contributed by atoms with Crippen LogP contribution in [0.1, 0.15) is 39.5 Å². The Hall–Kier alpha value is -1.46. The third-order valence-corrected chi connectivity index (χ3v) is 6.12. The molecule has 0 saturated carbocycles. The van der Waals surface area contributed by atoms with Gasteiger partial charge in [-0.25, -0.2) is 0 Å². The van der Waals surface area contributed by atoms with Crippen LogP contribution in [0.3, 0.4) is 0 Å². The van der Waals surface area contributed by atoms with E-state index in [-0.39, 0.29) is 42.4 Å². The first-order valence-corrected chi connectivity index (χ1v) is 11.3. The molecule has 1 saturated heterocycles. The number of carbonyl (C=O) groups excluding carboxylic acids is 2. The lowest BCUT2D eigenvalue weighted by atomic mass is 10.1. The topological polar surface area (TPSA) is 104 Å². The van der Waals surface area contributed by atoms with Gasteiger partial charge in [0.25, 0.3) is 0 Å². The minimum absolute atomic E-state index is 0.0159. The molecule has 3 unspecified atom stereocenters. The summed E-state index contributed by atoms with van der Waals surface area (Å²) in [6.07, 6.45) is 2.44. The highest BCUT2D eigenvalue weighted by molar-refractivity contribution is 8.23. The molecule has 1 fully saturated rings. The summed E-state index contributed by atoms with van der Waals surface area (Å²) in [7, 11) is 0. The van der Waals surface area contributed by atoms with Crippen molar-refractivity contribution in [2.24, 2.45) is 16.3 Å². The normalized spacial score (nSPS) is 20.8. The van der Waals surface area contributed by atoms with E-state index < -0.39 is 0 Å². The molecule has 0 bridgehead atoms. The molecule has 0 spiro atoms. The first kappa shape index (κ1) is 23.8. The molecule has 29 heavy (non-hydrogen) atoms. The van der Waals surface area contributed by atoms with Crippen molar-refractivity contribution in [1.82, 2.24) is 9.91 Å². The Morgan fingerprint density at radius 1 is 1.45 bits per heavy atom. The summed E-state index contributed by atoms with van der Waals surface area (Å²) in [6.45, 7) is 6.28. The fourth-order valence-electron chi connectivity index (χ4n) is 3.13. The highest BCUT2D eigenvalue weighted by Crippen LogP contribution is 2.29. The van der Waals surface area contributed by atoms with Crippen molar-refractivity contribution in [3.8, 4) is 0 Å². The van der Waals surface area contributed by atoms with E-state index in [2.05, 4.69) is 10.3 Å². The van der Waals surface area contributed by atoms with Crippen molar-refractivity contribution in [3.05, 3.63) is 0 Å². The molecule has 2 rings (SSSR count). The second-order valence-electron chi connectivity index (χ2n) is 7.06. The molecule has 2 aliphatic rings. The largest absolute Gasteiger partial charge is 0.479 e. The van der Waals surface area contributed by atoms with Crippen LogP contribution >= 0.6 is 24.0 Å². The van der Waals surface area contributed by atoms with E-state index in [1.54, 1.807) is 16.8 Å². The van der Waals surface area contributed by atoms with Crippen molar-refractivity contribution in [3.63, 3.8) is 0 Å². The van der Waals surface area contributed by atoms with Crippen molar-refractivity contribution in [1.29, 1.82) is 0 Å². The van der Waals surface area contributed by atoms with Gasteiger partial charge in [-0.3, -0.25) is 14.6 Å². The van der Waals surface area contributed by atoms with Crippen LogP contribution in [0.4, 0.5) is 0 Å². The van der Waals surface area contributed by atoms with E-state index in [4.69, 9.17) is 26.8 Å². The third kappa shape index (κ3) is 7.71. The molecular weight excluding hydrogens is 416 g/mol. The van der Waals surface area contributed by atoms with E-state index in [1.165, 1.54) is 11.8 Å². The highest BCUT2D eigenvalue weighted by atomic mass is 32.2. The van der Waals surface area contributed by atoms with Gasteiger partial charge in [0.2, 0.25) is 10.3 Å². The minimum atomic E-state index is -0.365. The van der Waals surface area contributed by atoms with Gasteiger partial charge >= 0.3 is 5.97 Å². The van der Waals surface area contributed by atoms with Crippen LogP contribution in [0.5, 0.6) is 0 Å². The average molecular weight is 447 g/mol. The number of hydrogen-bond donors (Lipinski definition) is 1. The Labute approximate surface area is 181 Å². The molecule has 0 aromatic heterocycles. The summed E-state index contributed by atoms with van der Waals surface area (Å²) in [4.78, 5) is 26.3. The zero-order chi connectivity index (χ0) is 21.2. The first-order valence-electron chi connectivity index (χ1n) is 10.0. The number of carbonyl (C=O) groups is 2. The van der Waals surface area contributed by atoms with Crippen LogP contribution in [0.2, 0.25) is 0 Å². The van der Waals surface area contributed by atoms with E-state index in [0.29, 0.717) is 49.9 Å². The molecule has 2 aliphatic heterocycles. The van der Waals surface area contributed by atoms with Crippen LogP contribution < -0.4 is 0 Å². The second kappa shape index (κ2) is 12.3. The van der Waals surface area contributed by atoms with Crippen LogP contribution in [-0.4, -0.2) is 82.1 Å². The number of esters is 1. The third-order valence-electron chi connectivity index (χ3n) is 4.69. The van der Waals surface area contributed by atoms with Crippen molar-refractivity contribution < 1.29 is 24.2 Å². The molecule has 164 valence electrons. The van der Waals surface area contributed by atoms with Crippen LogP contribution in [0.25, 0.3) is 0 Å². The number of thioether (sulfide) groups is 1. The van der Waals surface area contributed by atoms with Crippen LogP contribution in [-0.2, 0) is 19.1 Å². The molecule has 0 aliphatic carbocycles. The fraction of sp³-hybridized carbons (Fsp3) is 0.833. The lowest BCUT2D eigenvalue weighted by Crippen LogP contribution is -2.37. The Bertz CT molecular complexity index is 607. The van der Waals surface area contributed by atoms with Gasteiger partial charge in [0.1, 0.15) is 6.04 Å². The van der Waals surface area contributed by atoms with E-state index in [9.17, 15) is 9.59 Å². The van der Waals surface area contributed by atoms with Gasteiger partial charge in [0.05, 0.1) is 37.7 Å². The molecule has 2 heterocycles. The maximum atomic E-state index is 12.4. The number of ether oxygens (including phenoxy) is 2. The van der Waals surface area contributed by atoms with Crippen molar-refractivity contribution >= 4 is 40.2 Å². The monoisotopic (exact) mass is 446 g/mol. The zero-order valence-electron chi connectivity index (χ0n) is 17.0. The van der Waals surface area contributed by atoms with E-state index >= 15 is 0 Å². The van der Waals surface area contributed by atoms with Gasteiger partial charge in [0.15, 0.2) is 0 Å². The highest BCUT2D eigenvalue weighted by Gasteiger charge is 2.32. The smallest absolute Gasteiger partial charge is 0.308 e. The molecule has 1 N–H and O–H groups in total. The Morgan fingerprint density at radius 2 is 2.24 bits per heavy atom. The molecule has 9 nitrogen and oxygen atoms in total. The maximum Gasteiger partial charge on any atom is 0.308 e. The molecule has 3 atom stereocenters. The standard InChI is InChI=1S/C18H30N4O5S2/c1-3-26-18(28)29-16(22-8-4-6-15(22)24)10-13(2)17(25)27-9-5-7-21-11-14(12-23)19-20-21/h13-14,16,23H,3-12H2,1-2H3. The Morgan fingerprint density at radius 3 is 2.86 bits per heavy atom. The first-order chi connectivity index (χ1) is 13.9. The Kier molecular flexibility index (Phi) is 10.1. The van der Waals surface area contributed by atoms with Gasteiger partial charge in [-0.05, 0) is 32.0 Å². The quantitative estimate of drug-likeness (QED) is 0.292. The number of hydrogen-bond acceptors (Lipinski definition) is 10. The summed E-state index contributed by atoms with van der Waals surface area (Å²) in [6, 6.07) is -0.164. The van der Waals surface area contributed by atoms with Gasteiger partial charge < -0.3 is 19.5 Å². The summed E-state index contributed by atoms with van der Waals surface area (Å²) >= 11 is 6.55. The van der Waals surface area contributed by atoms with Gasteiger partial charge in [-0.1, -0.05) is 23.9 Å². The summed E-state index contributed by atoms with van der Waals surface area (Å²) in [5.74, 6) is -0.570. The number of nitrogens with zero attached hydrogens (tertiary/aromatic N) is 4. The number of likely N-dealkylation sites (tertiary alicyclic amines) is 1. The predicted molar refractivity (Wildman–Crippen MR) is 113 cm³/mol. The van der Waals surface area contributed by atoms with Gasteiger partial charge in [-0.2, -0.15) is 5.11 Å². The summed E-state index contributed by atoms with van der Waals surface area (Å²) in [5.41, 5.74) is 0. The molecule has 11 heteroatoms. The van der Waals surface area contributed by atoms with Crippen molar-refractivity contribution in [2.75, 3.05) is 39.5 Å². The Balaban J connectivity index is 1.75. The predicted octanol–water partition coefficient (Wildman–Crippen LogP) is 1.99. The fourth-order valence-corrected chi connectivity index (χ4v) is 4.72. The molecule has 0 aromatic carbocycles. The van der Waals surface area contributed by atoms with Crippen LogP contribution in [0, 0.1) is 5.92 Å². The minimum Gasteiger partial charge on any atom is -0.479 e. The maximum absolute atomic E-state index is 12.4. The van der Waals surface area contributed by atoms with Crippen LogP contribution in [0.15, 0.2) is 10.3 Å². The summed E-state index contributed by atoms with van der Waals surface area (Å²) in [5, 5.41) is 18.5. The number of amides is 1. The molecule has 1 amide bonds. The number of rotatable bonds is 11. The second-order valence-corrected chi connectivity index (χ2v) is 8.84. The van der Waals surface area contributed by atoms with Gasteiger partial charge in [0, 0.05) is 25.9 Å². The molecular formula is C18H30N4O5S2. The lowest BCUT2D eigenvalue weighted by molar-refractivity contribution is -0.149.